The minimum Gasteiger partial charge on any atom is -0.490 e. The number of aryl methyl sites for hydroxylation is 1. The highest BCUT2D eigenvalue weighted by Gasteiger charge is 2.44. The van der Waals surface area contributed by atoms with Gasteiger partial charge < -0.3 is 19.7 Å². The lowest BCUT2D eigenvalue weighted by Gasteiger charge is -2.46. The van der Waals surface area contributed by atoms with Crippen molar-refractivity contribution in [3.05, 3.63) is 70.3 Å². The number of allylic oxidation sites excluding steroid dienone is 1. The average molecular weight is 669 g/mol. The number of nitrogens with zero attached hydrogens (tertiary/aromatic N) is 2. The minimum absolute atomic E-state index is 0.0377. The number of fused-ring (bicyclic) bond motifs is 4. The molecule has 0 saturated heterocycles. The van der Waals surface area contributed by atoms with E-state index in [0.717, 1.165) is 55.9 Å². The van der Waals surface area contributed by atoms with Crippen molar-refractivity contribution >= 4 is 39.1 Å². The molecule has 2 aliphatic carbocycles. The molecule has 0 aromatic heterocycles. The van der Waals surface area contributed by atoms with Gasteiger partial charge in [0.05, 0.1) is 24.2 Å². The lowest BCUT2D eigenvalue weighted by Crippen LogP contribution is -2.49. The van der Waals surface area contributed by atoms with Crippen molar-refractivity contribution in [1.82, 2.24) is 10.0 Å². The average Bonchev–Trinajstić information content (AvgIpc) is 3.14. The molecule has 2 aliphatic heterocycles. The summed E-state index contributed by atoms with van der Waals surface area (Å²) in [6.45, 7) is 6.11. The number of benzene rings is 2. The van der Waals surface area contributed by atoms with Crippen LogP contribution in [0.1, 0.15) is 67.4 Å². The molecule has 4 aliphatic rings. The zero-order valence-electron chi connectivity index (χ0n) is 26.9. The second-order valence-corrected chi connectivity index (χ2v) is 15.9. The van der Waals surface area contributed by atoms with Crippen molar-refractivity contribution in [3.63, 3.8) is 0 Å². The highest BCUT2D eigenvalue weighted by Crippen LogP contribution is 2.47. The monoisotopic (exact) mass is 668 g/mol. The van der Waals surface area contributed by atoms with Crippen LogP contribution in [0.25, 0.3) is 0 Å². The van der Waals surface area contributed by atoms with Gasteiger partial charge in [0.25, 0.3) is 5.91 Å². The van der Waals surface area contributed by atoms with E-state index in [1.807, 2.05) is 25.1 Å². The van der Waals surface area contributed by atoms with Gasteiger partial charge in [0.1, 0.15) is 15.7 Å². The lowest BCUT2D eigenvalue weighted by molar-refractivity contribution is 0.0131. The molecule has 2 aromatic carbocycles. The van der Waals surface area contributed by atoms with Gasteiger partial charge in [-0.3, -0.25) is 9.52 Å². The number of hydrogen-bond acceptors (Lipinski definition) is 6. The normalized spacial score (nSPS) is 31.7. The summed E-state index contributed by atoms with van der Waals surface area (Å²) in [4.78, 5) is 28.6. The molecule has 2 N–H and O–H groups in total. The Bertz CT molecular complexity index is 1640. The second kappa shape index (κ2) is 13.6. The molecule has 9 nitrogen and oxygen atoms in total. The number of ether oxygens (including phenoxy) is 2. The highest BCUT2D eigenvalue weighted by molar-refractivity contribution is 7.92. The summed E-state index contributed by atoms with van der Waals surface area (Å²) in [6, 6.07) is 11.0. The summed E-state index contributed by atoms with van der Waals surface area (Å²) < 4.78 is 33.4. The van der Waals surface area contributed by atoms with Gasteiger partial charge in [0, 0.05) is 42.7 Å². The molecule has 1 spiro atoms. The van der Waals surface area contributed by atoms with Gasteiger partial charge in [-0.2, -0.15) is 0 Å². The Kier molecular flexibility index (Phi) is 9.69. The number of methoxy groups -OCH3 is 1. The predicted molar refractivity (Wildman–Crippen MR) is 182 cm³/mol. The van der Waals surface area contributed by atoms with E-state index in [1.54, 1.807) is 20.1 Å². The largest absolute Gasteiger partial charge is 0.490 e. The molecule has 248 valence electrons. The SMILES string of the molecule is CCNC(=O)NS1(=O)=NC(=O)c2ccc3c(c2)N(C[C@@H]2CC[C@H]2[C@@H](OC)/C=C\C[C@H](C)C1)C[C@@]1(CCCc2cc(Cl)ccc21)CO3. The van der Waals surface area contributed by atoms with Gasteiger partial charge in [0.2, 0.25) is 0 Å². The second-order valence-electron chi connectivity index (χ2n) is 13.4. The zero-order valence-corrected chi connectivity index (χ0v) is 28.5. The van der Waals surface area contributed by atoms with Gasteiger partial charge in [0.15, 0.2) is 0 Å². The molecular weight excluding hydrogens is 624 g/mol. The van der Waals surface area contributed by atoms with Crippen LogP contribution >= 0.6 is 11.6 Å². The summed E-state index contributed by atoms with van der Waals surface area (Å²) in [6.07, 6.45) is 9.96. The van der Waals surface area contributed by atoms with E-state index in [9.17, 15) is 13.8 Å². The van der Waals surface area contributed by atoms with Crippen molar-refractivity contribution < 1.29 is 23.3 Å². The Morgan fingerprint density at radius 1 is 1.24 bits per heavy atom. The Morgan fingerprint density at radius 3 is 2.85 bits per heavy atom. The van der Waals surface area contributed by atoms with Gasteiger partial charge >= 0.3 is 6.03 Å². The van der Waals surface area contributed by atoms with E-state index in [0.29, 0.717) is 42.7 Å². The van der Waals surface area contributed by atoms with E-state index in [4.69, 9.17) is 21.1 Å². The number of hydrogen-bond donors (Lipinski definition) is 2. The summed E-state index contributed by atoms with van der Waals surface area (Å²) >= 11 is 6.43. The van der Waals surface area contributed by atoms with Gasteiger partial charge in [-0.1, -0.05) is 36.7 Å². The molecular formula is C35H45ClN4O5S. The van der Waals surface area contributed by atoms with Crippen molar-refractivity contribution in [3.8, 4) is 5.75 Å². The van der Waals surface area contributed by atoms with Crippen molar-refractivity contribution in [1.29, 1.82) is 0 Å². The van der Waals surface area contributed by atoms with E-state index < -0.39 is 21.9 Å². The molecule has 2 bridgehead atoms. The Labute approximate surface area is 277 Å². The maximum absolute atomic E-state index is 14.1. The molecule has 11 heteroatoms. The van der Waals surface area contributed by atoms with E-state index in [-0.39, 0.29) is 23.2 Å². The number of amides is 3. The number of urea groups is 1. The van der Waals surface area contributed by atoms with Crippen LogP contribution in [0.5, 0.6) is 5.75 Å². The molecule has 3 amide bonds. The van der Waals surface area contributed by atoms with Crippen molar-refractivity contribution in [2.75, 3.05) is 44.0 Å². The molecule has 1 fully saturated rings. The maximum Gasteiger partial charge on any atom is 0.327 e. The minimum atomic E-state index is -3.42. The number of carbonyl (C=O) groups is 2. The number of halogens is 1. The topological polar surface area (TPSA) is 109 Å². The van der Waals surface area contributed by atoms with Crippen LogP contribution in [0.4, 0.5) is 10.5 Å². The predicted octanol–water partition coefficient (Wildman–Crippen LogP) is 6.29. The van der Waals surface area contributed by atoms with Crippen LogP contribution < -0.4 is 19.7 Å². The summed E-state index contributed by atoms with van der Waals surface area (Å²) in [5, 5.41) is 3.36. The Morgan fingerprint density at radius 2 is 2.09 bits per heavy atom. The fourth-order valence-corrected chi connectivity index (χ4v) is 9.75. The van der Waals surface area contributed by atoms with Gasteiger partial charge in [-0.25, -0.2) is 9.00 Å². The molecule has 0 radical (unpaired) electrons. The molecule has 2 aromatic rings. The third kappa shape index (κ3) is 6.80. The molecule has 2 heterocycles. The van der Waals surface area contributed by atoms with Crippen LogP contribution in [0.15, 0.2) is 52.9 Å². The fourth-order valence-electron chi connectivity index (χ4n) is 7.71. The smallest absolute Gasteiger partial charge is 0.327 e. The Hall–Kier alpha value is -3.08. The van der Waals surface area contributed by atoms with E-state index in [2.05, 4.69) is 43.6 Å². The standard InChI is InChI=1S/C35H45ClN4O5S/c1-4-37-34(42)39-46(43)20-23(2)7-5-9-31(44-3)28-13-10-26(28)19-40-21-35(16-6-8-24-17-27(36)12-14-29(24)35)22-45-32-15-11-25(18-30(32)40)33(41)38-46/h5,9,11-12,14-15,17-18,23,26,28,31H,4,6-8,10,13,16,19-22H2,1-3H3,(H2,37,38,39,41,42,43)/b9-5-/t23-,26-,28+,31-,35-,46?/m0/s1. The number of anilines is 1. The van der Waals surface area contributed by atoms with Crippen molar-refractivity contribution in [2.24, 2.45) is 22.1 Å². The first-order valence-corrected chi connectivity index (χ1v) is 18.5. The highest BCUT2D eigenvalue weighted by atomic mass is 35.5. The van der Waals surface area contributed by atoms with E-state index >= 15 is 0 Å². The third-order valence-electron chi connectivity index (χ3n) is 10.1. The summed E-state index contributed by atoms with van der Waals surface area (Å²) in [5.41, 5.74) is 3.45. The maximum atomic E-state index is 14.1. The Balaban J connectivity index is 1.44. The molecule has 1 unspecified atom stereocenters. The number of rotatable bonds is 3. The van der Waals surface area contributed by atoms with Crippen LogP contribution in [-0.4, -0.2) is 61.4 Å². The third-order valence-corrected chi connectivity index (χ3v) is 12.3. The van der Waals surface area contributed by atoms with Crippen LogP contribution in [-0.2, 0) is 26.5 Å². The van der Waals surface area contributed by atoms with Crippen LogP contribution in [0.3, 0.4) is 0 Å². The zero-order chi connectivity index (χ0) is 32.5. The quantitative estimate of drug-likeness (QED) is 0.372. The lowest BCUT2D eigenvalue weighted by atomic mass is 9.68. The van der Waals surface area contributed by atoms with Gasteiger partial charge in [-0.15, -0.1) is 4.36 Å². The first kappa shape index (κ1) is 32.8. The molecule has 6 rings (SSSR count). The molecule has 6 atom stereocenters. The first-order chi connectivity index (χ1) is 22.1. The number of carbonyl (C=O) groups excluding carboxylic acids is 2. The van der Waals surface area contributed by atoms with Crippen LogP contribution in [0.2, 0.25) is 5.02 Å². The molecule has 46 heavy (non-hydrogen) atoms. The number of nitrogens with one attached hydrogen (secondary N) is 2. The van der Waals surface area contributed by atoms with Crippen molar-refractivity contribution in [2.45, 2.75) is 63.9 Å². The fraction of sp³-hybridized carbons (Fsp3) is 0.543. The molecule has 1 saturated carbocycles. The first-order valence-electron chi connectivity index (χ1n) is 16.5. The van der Waals surface area contributed by atoms with Crippen LogP contribution in [0, 0.1) is 17.8 Å². The summed E-state index contributed by atoms with van der Waals surface area (Å²) in [5.74, 6) is 0.775. The van der Waals surface area contributed by atoms with E-state index in [1.165, 1.54) is 11.1 Å². The summed E-state index contributed by atoms with van der Waals surface area (Å²) in [7, 11) is -1.66. The van der Waals surface area contributed by atoms with Gasteiger partial charge in [-0.05, 0) is 105 Å².